The lowest BCUT2D eigenvalue weighted by molar-refractivity contribution is -0.124. The standard InChI is InChI=1S/C24H25N5O3/c1-4-16-9-11-17(12-10-16)23(32)27-26-22(31)14-13-21(30)18(15-25)24-28(2)19-7-5-6-8-20(19)29(24)3/h5-12H,4,13-14H2,1-3H3,(H,26,31)(H,27,32). The van der Waals surface area contributed by atoms with Crippen LogP contribution in [-0.2, 0) is 16.0 Å². The molecule has 32 heavy (non-hydrogen) atoms. The number of para-hydroxylation sites is 2. The molecule has 0 unspecified atom stereocenters. The van der Waals surface area contributed by atoms with Crippen LogP contribution >= 0.6 is 0 Å². The summed E-state index contributed by atoms with van der Waals surface area (Å²) in [4.78, 5) is 40.6. The van der Waals surface area contributed by atoms with Crippen LogP contribution < -0.4 is 20.7 Å². The number of nitriles is 1. The Labute approximate surface area is 187 Å². The highest BCUT2D eigenvalue weighted by Gasteiger charge is 2.31. The molecular weight excluding hydrogens is 406 g/mol. The molecule has 8 heteroatoms. The van der Waals surface area contributed by atoms with Crippen LogP contribution in [0.25, 0.3) is 0 Å². The molecule has 0 atom stereocenters. The Morgan fingerprint density at radius 2 is 1.50 bits per heavy atom. The van der Waals surface area contributed by atoms with E-state index in [4.69, 9.17) is 0 Å². The van der Waals surface area contributed by atoms with E-state index in [1.54, 1.807) is 36.0 Å². The number of fused-ring (bicyclic) bond motifs is 1. The van der Waals surface area contributed by atoms with Gasteiger partial charge in [0.2, 0.25) is 5.91 Å². The molecule has 8 nitrogen and oxygen atoms in total. The van der Waals surface area contributed by atoms with Gasteiger partial charge in [-0.25, -0.2) is 0 Å². The van der Waals surface area contributed by atoms with Crippen molar-refractivity contribution in [2.24, 2.45) is 0 Å². The molecule has 0 fully saturated rings. The summed E-state index contributed by atoms with van der Waals surface area (Å²) in [6.07, 6.45) is 0.551. The molecule has 164 valence electrons. The van der Waals surface area contributed by atoms with E-state index >= 15 is 0 Å². The van der Waals surface area contributed by atoms with E-state index in [1.165, 1.54) is 0 Å². The average Bonchev–Trinajstić information content (AvgIpc) is 3.07. The molecule has 2 N–H and O–H groups in total. The van der Waals surface area contributed by atoms with Gasteiger partial charge in [-0.3, -0.25) is 25.2 Å². The summed E-state index contributed by atoms with van der Waals surface area (Å²) in [6.45, 7) is 2.02. The van der Waals surface area contributed by atoms with Crippen molar-refractivity contribution in [1.82, 2.24) is 10.9 Å². The zero-order chi connectivity index (χ0) is 23.3. The van der Waals surface area contributed by atoms with Gasteiger partial charge in [0.15, 0.2) is 5.78 Å². The van der Waals surface area contributed by atoms with Gasteiger partial charge >= 0.3 is 0 Å². The Morgan fingerprint density at radius 3 is 2.03 bits per heavy atom. The molecule has 2 amide bonds. The van der Waals surface area contributed by atoms with Crippen molar-refractivity contribution >= 4 is 29.0 Å². The number of carbonyl (C=O) groups excluding carboxylic acids is 3. The second kappa shape index (κ2) is 9.79. The quantitative estimate of drug-likeness (QED) is 0.414. The van der Waals surface area contributed by atoms with Gasteiger partial charge in [-0.1, -0.05) is 31.2 Å². The first-order chi connectivity index (χ1) is 15.4. The number of rotatable bonds is 6. The van der Waals surface area contributed by atoms with Crippen molar-refractivity contribution in [2.75, 3.05) is 23.9 Å². The largest absolute Gasteiger partial charge is 0.328 e. The van der Waals surface area contributed by atoms with Gasteiger partial charge in [0.1, 0.15) is 17.5 Å². The minimum absolute atomic E-state index is 0.0148. The molecule has 1 aliphatic heterocycles. The van der Waals surface area contributed by atoms with Gasteiger partial charge in [-0.2, -0.15) is 5.26 Å². The number of benzene rings is 2. The maximum Gasteiger partial charge on any atom is 0.269 e. The molecule has 0 radical (unpaired) electrons. The van der Waals surface area contributed by atoms with Gasteiger partial charge in [0.05, 0.1) is 11.4 Å². The summed E-state index contributed by atoms with van der Waals surface area (Å²) in [5.74, 6) is -0.928. The molecule has 0 saturated carbocycles. The van der Waals surface area contributed by atoms with Gasteiger partial charge in [-0.15, -0.1) is 0 Å². The number of ketones is 1. The van der Waals surface area contributed by atoms with Crippen LogP contribution in [0.2, 0.25) is 0 Å². The van der Waals surface area contributed by atoms with Crippen LogP contribution in [0.3, 0.4) is 0 Å². The van der Waals surface area contributed by atoms with E-state index in [9.17, 15) is 19.6 Å². The number of nitrogens with one attached hydrogen (secondary N) is 2. The number of hydrogen-bond donors (Lipinski definition) is 2. The zero-order valence-electron chi connectivity index (χ0n) is 18.3. The number of amides is 2. The third kappa shape index (κ3) is 4.62. The van der Waals surface area contributed by atoms with Gasteiger partial charge < -0.3 is 9.80 Å². The highest BCUT2D eigenvalue weighted by Crippen LogP contribution is 2.40. The van der Waals surface area contributed by atoms with Crippen LogP contribution in [-0.4, -0.2) is 31.7 Å². The summed E-state index contributed by atoms with van der Waals surface area (Å²) in [7, 11) is 3.58. The number of Topliss-reactive ketones (excluding diaryl/α,β-unsaturated/α-hetero) is 1. The molecular formula is C24H25N5O3. The number of hydrogen-bond acceptors (Lipinski definition) is 6. The average molecular weight is 431 g/mol. The Kier molecular flexibility index (Phi) is 6.90. The smallest absolute Gasteiger partial charge is 0.269 e. The molecule has 1 heterocycles. The van der Waals surface area contributed by atoms with Crippen molar-refractivity contribution in [3.63, 3.8) is 0 Å². The monoisotopic (exact) mass is 431 g/mol. The lowest BCUT2D eigenvalue weighted by atomic mass is 10.1. The number of anilines is 2. The predicted octanol–water partition coefficient (Wildman–Crippen LogP) is 2.68. The summed E-state index contributed by atoms with van der Waals surface area (Å²) < 4.78 is 0. The van der Waals surface area contributed by atoms with Crippen LogP contribution in [0.15, 0.2) is 59.9 Å². The van der Waals surface area contributed by atoms with E-state index in [-0.39, 0.29) is 18.4 Å². The SMILES string of the molecule is CCc1ccc(C(=O)NNC(=O)CCC(=O)C(C#N)=C2N(C)c3ccccc3N2C)cc1. The summed E-state index contributed by atoms with van der Waals surface area (Å²) >= 11 is 0. The van der Waals surface area contributed by atoms with E-state index < -0.39 is 17.6 Å². The number of carbonyl (C=O) groups is 3. The predicted molar refractivity (Wildman–Crippen MR) is 122 cm³/mol. The summed E-state index contributed by atoms with van der Waals surface area (Å²) in [5, 5.41) is 9.64. The summed E-state index contributed by atoms with van der Waals surface area (Å²) in [6, 6.07) is 16.6. The Hall–Kier alpha value is -4.12. The lowest BCUT2D eigenvalue weighted by Crippen LogP contribution is -2.41. The van der Waals surface area contributed by atoms with Crippen LogP contribution in [0.1, 0.15) is 35.7 Å². The van der Waals surface area contributed by atoms with Crippen molar-refractivity contribution in [2.45, 2.75) is 26.2 Å². The first-order valence-electron chi connectivity index (χ1n) is 10.3. The summed E-state index contributed by atoms with van der Waals surface area (Å²) in [5.41, 5.74) is 7.94. The first-order valence-corrected chi connectivity index (χ1v) is 10.3. The fourth-order valence-corrected chi connectivity index (χ4v) is 3.56. The fraction of sp³-hybridized carbons (Fsp3) is 0.250. The topological polar surface area (TPSA) is 106 Å². The molecule has 2 aromatic rings. The van der Waals surface area contributed by atoms with Crippen molar-refractivity contribution in [3.05, 3.63) is 71.1 Å². The lowest BCUT2D eigenvalue weighted by Gasteiger charge is -2.19. The van der Waals surface area contributed by atoms with E-state index in [0.717, 1.165) is 23.4 Å². The van der Waals surface area contributed by atoms with Crippen LogP contribution in [0.4, 0.5) is 11.4 Å². The van der Waals surface area contributed by atoms with Crippen molar-refractivity contribution in [1.29, 1.82) is 5.26 Å². The Balaban J connectivity index is 1.58. The third-order valence-corrected chi connectivity index (χ3v) is 5.37. The minimum Gasteiger partial charge on any atom is -0.328 e. The van der Waals surface area contributed by atoms with Crippen LogP contribution in [0, 0.1) is 11.3 Å². The maximum absolute atomic E-state index is 12.7. The molecule has 0 saturated heterocycles. The fourth-order valence-electron chi connectivity index (χ4n) is 3.56. The number of hydrazine groups is 1. The third-order valence-electron chi connectivity index (χ3n) is 5.37. The first kappa shape index (κ1) is 22.6. The second-order valence-corrected chi connectivity index (χ2v) is 7.39. The second-order valence-electron chi connectivity index (χ2n) is 7.39. The van der Waals surface area contributed by atoms with Crippen molar-refractivity contribution < 1.29 is 14.4 Å². The highest BCUT2D eigenvalue weighted by atomic mass is 16.2. The van der Waals surface area contributed by atoms with E-state index in [1.807, 2.05) is 49.4 Å². The number of aryl methyl sites for hydroxylation is 1. The number of nitrogens with zero attached hydrogens (tertiary/aromatic N) is 3. The number of allylic oxidation sites excluding steroid dienone is 1. The normalized spacial score (nSPS) is 12.1. The maximum atomic E-state index is 12.7. The van der Waals surface area contributed by atoms with Crippen LogP contribution in [0.5, 0.6) is 0 Å². The molecule has 3 rings (SSSR count). The van der Waals surface area contributed by atoms with E-state index in [2.05, 4.69) is 10.9 Å². The highest BCUT2D eigenvalue weighted by molar-refractivity contribution is 6.04. The van der Waals surface area contributed by atoms with Crippen molar-refractivity contribution in [3.8, 4) is 6.07 Å². The molecule has 0 spiro atoms. The molecule has 2 aromatic carbocycles. The minimum atomic E-state index is -0.518. The van der Waals surface area contributed by atoms with E-state index in [0.29, 0.717) is 11.4 Å². The Bertz CT molecular complexity index is 1080. The van der Waals surface area contributed by atoms with Gasteiger partial charge in [-0.05, 0) is 36.2 Å². The molecule has 0 aromatic heterocycles. The molecule has 0 aliphatic carbocycles. The van der Waals surface area contributed by atoms with Gasteiger partial charge in [0, 0.05) is 32.5 Å². The van der Waals surface area contributed by atoms with Gasteiger partial charge in [0.25, 0.3) is 5.91 Å². The molecule has 1 aliphatic rings. The molecule has 0 bridgehead atoms. The zero-order valence-corrected chi connectivity index (χ0v) is 18.3. The Morgan fingerprint density at radius 1 is 0.906 bits per heavy atom.